The van der Waals surface area contributed by atoms with Gasteiger partial charge in [-0.25, -0.2) is 0 Å². The molecule has 1 heterocycles. The SMILES string of the molecule is CNCc1c(Cl)cccc1OC(C)C(=O)N1CCCCC1. The van der Waals surface area contributed by atoms with Gasteiger partial charge >= 0.3 is 0 Å². The molecule has 1 aliphatic heterocycles. The van der Waals surface area contributed by atoms with Crippen molar-refractivity contribution in [2.24, 2.45) is 0 Å². The van der Waals surface area contributed by atoms with E-state index >= 15 is 0 Å². The van der Waals surface area contributed by atoms with Gasteiger partial charge in [0.25, 0.3) is 5.91 Å². The zero-order valence-corrected chi connectivity index (χ0v) is 13.4. The fourth-order valence-electron chi connectivity index (χ4n) is 2.61. The van der Waals surface area contributed by atoms with Crippen LogP contribution in [0.5, 0.6) is 5.75 Å². The second kappa shape index (κ2) is 7.66. The van der Waals surface area contributed by atoms with Gasteiger partial charge in [0.15, 0.2) is 6.10 Å². The molecule has 5 heteroatoms. The Kier molecular flexibility index (Phi) is 5.88. The number of likely N-dealkylation sites (tertiary alicyclic amines) is 1. The third kappa shape index (κ3) is 4.11. The van der Waals surface area contributed by atoms with E-state index in [4.69, 9.17) is 16.3 Å². The average molecular weight is 311 g/mol. The van der Waals surface area contributed by atoms with E-state index in [9.17, 15) is 4.79 Å². The van der Waals surface area contributed by atoms with Crippen LogP contribution < -0.4 is 10.1 Å². The smallest absolute Gasteiger partial charge is 0.263 e. The van der Waals surface area contributed by atoms with Crippen LogP contribution in [0, 0.1) is 0 Å². The summed E-state index contributed by atoms with van der Waals surface area (Å²) in [6, 6.07) is 5.53. The van der Waals surface area contributed by atoms with Crippen LogP contribution in [-0.4, -0.2) is 37.0 Å². The van der Waals surface area contributed by atoms with E-state index in [0.717, 1.165) is 31.5 Å². The van der Waals surface area contributed by atoms with Crippen molar-refractivity contribution in [1.82, 2.24) is 10.2 Å². The lowest BCUT2D eigenvalue weighted by Crippen LogP contribution is -2.43. The summed E-state index contributed by atoms with van der Waals surface area (Å²) < 4.78 is 5.88. The first kappa shape index (κ1) is 16.1. The number of nitrogens with one attached hydrogen (secondary N) is 1. The Bertz CT molecular complexity index is 487. The van der Waals surface area contributed by atoms with E-state index in [1.54, 1.807) is 6.92 Å². The van der Waals surface area contributed by atoms with Crippen molar-refractivity contribution in [2.45, 2.75) is 38.8 Å². The van der Waals surface area contributed by atoms with E-state index in [2.05, 4.69) is 5.32 Å². The van der Waals surface area contributed by atoms with Crippen LogP contribution in [0.2, 0.25) is 5.02 Å². The van der Waals surface area contributed by atoms with Gasteiger partial charge in [-0.1, -0.05) is 17.7 Å². The van der Waals surface area contributed by atoms with E-state index in [-0.39, 0.29) is 5.91 Å². The zero-order valence-electron chi connectivity index (χ0n) is 12.7. The molecule has 1 amide bonds. The molecule has 1 fully saturated rings. The standard InChI is InChI=1S/C16H23ClN2O2/c1-12(16(20)19-9-4-3-5-10-19)21-15-8-6-7-14(17)13(15)11-18-2/h6-8,12,18H,3-5,9-11H2,1-2H3. The fourth-order valence-corrected chi connectivity index (χ4v) is 2.84. The maximum atomic E-state index is 12.4. The third-order valence-corrected chi connectivity index (χ3v) is 4.10. The summed E-state index contributed by atoms with van der Waals surface area (Å²) in [6.07, 6.45) is 2.89. The first-order valence-electron chi connectivity index (χ1n) is 7.51. The average Bonchev–Trinajstić information content (AvgIpc) is 2.51. The minimum absolute atomic E-state index is 0.0603. The molecule has 0 radical (unpaired) electrons. The first-order chi connectivity index (χ1) is 10.1. The van der Waals surface area contributed by atoms with Gasteiger partial charge in [0.1, 0.15) is 5.75 Å². The predicted octanol–water partition coefficient (Wildman–Crippen LogP) is 2.84. The Morgan fingerprint density at radius 3 is 2.76 bits per heavy atom. The summed E-state index contributed by atoms with van der Waals surface area (Å²) in [5, 5.41) is 3.72. The summed E-state index contributed by atoms with van der Waals surface area (Å²) in [4.78, 5) is 14.3. The summed E-state index contributed by atoms with van der Waals surface area (Å²) in [7, 11) is 1.86. The number of ether oxygens (including phenoxy) is 1. The first-order valence-corrected chi connectivity index (χ1v) is 7.88. The molecule has 1 aromatic rings. The van der Waals surface area contributed by atoms with Crippen molar-refractivity contribution in [2.75, 3.05) is 20.1 Å². The number of rotatable bonds is 5. The quantitative estimate of drug-likeness (QED) is 0.909. The Balaban J connectivity index is 2.06. The van der Waals surface area contributed by atoms with Crippen LogP contribution in [0.25, 0.3) is 0 Å². The Morgan fingerprint density at radius 2 is 2.10 bits per heavy atom. The van der Waals surface area contributed by atoms with Crippen LogP contribution in [0.15, 0.2) is 18.2 Å². The van der Waals surface area contributed by atoms with E-state index in [1.165, 1.54) is 6.42 Å². The van der Waals surface area contributed by atoms with Crippen LogP contribution in [-0.2, 0) is 11.3 Å². The highest BCUT2D eigenvalue weighted by molar-refractivity contribution is 6.31. The Hall–Kier alpha value is -1.26. The van der Waals surface area contributed by atoms with E-state index < -0.39 is 6.10 Å². The minimum atomic E-state index is -0.489. The molecule has 1 aliphatic rings. The molecule has 0 aliphatic carbocycles. The highest BCUT2D eigenvalue weighted by Gasteiger charge is 2.24. The molecular weight excluding hydrogens is 288 g/mol. The number of amides is 1. The predicted molar refractivity (Wildman–Crippen MR) is 84.7 cm³/mol. The molecule has 1 unspecified atom stereocenters. The highest BCUT2D eigenvalue weighted by atomic mass is 35.5. The lowest BCUT2D eigenvalue weighted by molar-refractivity contribution is -0.138. The van der Waals surface area contributed by atoms with Crippen molar-refractivity contribution in [3.63, 3.8) is 0 Å². The van der Waals surface area contributed by atoms with Crippen molar-refractivity contribution < 1.29 is 9.53 Å². The molecule has 0 aromatic heterocycles. The van der Waals surface area contributed by atoms with Crippen LogP contribution >= 0.6 is 11.6 Å². The highest BCUT2D eigenvalue weighted by Crippen LogP contribution is 2.27. The van der Waals surface area contributed by atoms with E-state index in [1.807, 2.05) is 30.1 Å². The van der Waals surface area contributed by atoms with Crippen molar-refractivity contribution in [1.29, 1.82) is 0 Å². The molecule has 116 valence electrons. The number of carbonyl (C=O) groups excluding carboxylic acids is 1. The molecule has 1 atom stereocenters. The molecule has 1 saturated heterocycles. The van der Waals surface area contributed by atoms with Gasteiger partial charge in [0.2, 0.25) is 0 Å². The molecule has 0 saturated carbocycles. The van der Waals surface area contributed by atoms with Gasteiger partial charge in [-0.3, -0.25) is 4.79 Å². The number of piperidine rings is 1. The number of nitrogens with zero attached hydrogens (tertiary/aromatic N) is 1. The lowest BCUT2D eigenvalue weighted by Gasteiger charge is -2.29. The second-order valence-electron chi connectivity index (χ2n) is 5.39. The zero-order chi connectivity index (χ0) is 15.2. The Labute approximate surface area is 131 Å². The number of carbonyl (C=O) groups is 1. The van der Waals surface area contributed by atoms with Crippen LogP contribution in [0.3, 0.4) is 0 Å². The number of benzene rings is 1. The molecule has 1 aromatic carbocycles. The minimum Gasteiger partial charge on any atom is -0.481 e. The second-order valence-corrected chi connectivity index (χ2v) is 5.80. The number of halogens is 1. The van der Waals surface area contributed by atoms with E-state index in [0.29, 0.717) is 17.3 Å². The van der Waals surface area contributed by atoms with Gasteiger partial charge in [0.05, 0.1) is 0 Å². The van der Waals surface area contributed by atoms with Crippen LogP contribution in [0.1, 0.15) is 31.7 Å². The maximum absolute atomic E-state index is 12.4. The lowest BCUT2D eigenvalue weighted by atomic mass is 10.1. The summed E-state index contributed by atoms with van der Waals surface area (Å²) >= 11 is 6.20. The summed E-state index contributed by atoms with van der Waals surface area (Å²) in [6.45, 7) is 4.09. The van der Waals surface area contributed by atoms with Crippen LogP contribution in [0.4, 0.5) is 0 Å². The van der Waals surface area contributed by atoms with Crippen molar-refractivity contribution in [3.05, 3.63) is 28.8 Å². The molecule has 1 N–H and O–H groups in total. The topological polar surface area (TPSA) is 41.6 Å². The monoisotopic (exact) mass is 310 g/mol. The molecule has 4 nitrogen and oxygen atoms in total. The van der Waals surface area contributed by atoms with Crippen molar-refractivity contribution in [3.8, 4) is 5.75 Å². The van der Waals surface area contributed by atoms with Gasteiger partial charge in [-0.2, -0.15) is 0 Å². The summed E-state index contributed by atoms with van der Waals surface area (Å²) in [5.41, 5.74) is 0.889. The summed E-state index contributed by atoms with van der Waals surface area (Å²) in [5.74, 6) is 0.736. The molecule has 2 rings (SSSR count). The van der Waals surface area contributed by atoms with Gasteiger partial charge < -0.3 is 15.0 Å². The Morgan fingerprint density at radius 1 is 1.38 bits per heavy atom. The van der Waals surface area contributed by atoms with Gasteiger partial charge in [-0.15, -0.1) is 0 Å². The largest absolute Gasteiger partial charge is 0.481 e. The maximum Gasteiger partial charge on any atom is 0.263 e. The normalized spacial score (nSPS) is 16.6. The number of hydrogen-bond donors (Lipinski definition) is 1. The molecular formula is C16H23ClN2O2. The number of hydrogen-bond acceptors (Lipinski definition) is 3. The van der Waals surface area contributed by atoms with Gasteiger partial charge in [-0.05, 0) is 45.4 Å². The molecule has 0 bridgehead atoms. The molecule has 21 heavy (non-hydrogen) atoms. The third-order valence-electron chi connectivity index (χ3n) is 3.75. The molecule has 0 spiro atoms. The fraction of sp³-hybridized carbons (Fsp3) is 0.562. The van der Waals surface area contributed by atoms with Crippen molar-refractivity contribution >= 4 is 17.5 Å². The van der Waals surface area contributed by atoms with Gasteiger partial charge in [0, 0.05) is 30.2 Å².